The van der Waals surface area contributed by atoms with E-state index in [4.69, 9.17) is 0 Å². The predicted molar refractivity (Wildman–Crippen MR) is 66.8 cm³/mol. The van der Waals surface area contributed by atoms with Gasteiger partial charge in [-0.25, -0.2) is 0 Å². The fourth-order valence-electron chi connectivity index (χ4n) is 1.84. The SMILES string of the molecule is CCS(=O)CCNC(=O)C1(C)CCNCC1. The summed E-state index contributed by atoms with van der Waals surface area (Å²) in [6.45, 7) is 6.25. The number of carbonyl (C=O) groups excluding carboxylic acids is 1. The number of carbonyl (C=O) groups is 1. The molecule has 0 aromatic carbocycles. The minimum Gasteiger partial charge on any atom is -0.355 e. The number of hydrogen-bond donors (Lipinski definition) is 2. The maximum absolute atomic E-state index is 12.0. The van der Waals surface area contributed by atoms with Crippen molar-refractivity contribution in [1.82, 2.24) is 10.6 Å². The number of amides is 1. The Hall–Kier alpha value is -0.420. The van der Waals surface area contributed by atoms with Crippen LogP contribution in [0.5, 0.6) is 0 Å². The summed E-state index contributed by atoms with van der Waals surface area (Å²) in [6.07, 6.45) is 1.77. The summed E-state index contributed by atoms with van der Waals surface area (Å²) in [5.41, 5.74) is -0.237. The minimum atomic E-state index is -0.789. The molecule has 4 nitrogen and oxygen atoms in total. The van der Waals surface area contributed by atoms with E-state index in [2.05, 4.69) is 10.6 Å². The molecule has 1 atom stereocenters. The molecule has 5 heteroatoms. The van der Waals surface area contributed by atoms with E-state index in [-0.39, 0.29) is 11.3 Å². The molecule has 0 radical (unpaired) electrons. The predicted octanol–water partition coefficient (Wildman–Crippen LogP) is 0.261. The van der Waals surface area contributed by atoms with E-state index in [1.807, 2.05) is 13.8 Å². The highest BCUT2D eigenvalue weighted by atomic mass is 32.2. The summed E-state index contributed by atoms with van der Waals surface area (Å²) >= 11 is 0. The Balaban J connectivity index is 2.31. The Morgan fingerprint density at radius 1 is 1.44 bits per heavy atom. The molecule has 94 valence electrons. The van der Waals surface area contributed by atoms with Crippen molar-refractivity contribution < 1.29 is 9.00 Å². The number of piperidine rings is 1. The number of rotatable bonds is 5. The first-order valence-corrected chi connectivity index (χ1v) is 7.41. The highest BCUT2D eigenvalue weighted by molar-refractivity contribution is 7.84. The summed E-state index contributed by atoms with van der Waals surface area (Å²) in [4.78, 5) is 12.0. The van der Waals surface area contributed by atoms with Crippen molar-refractivity contribution in [2.75, 3.05) is 31.1 Å². The molecule has 1 amide bonds. The second kappa shape index (κ2) is 6.35. The molecule has 0 aliphatic carbocycles. The van der Waals surface area contributed by atoms with Crippen molar-refractivity contribution in [3.8, 4) is 0 Å². The van der Waals surface area contributed by atoms with Gasteiger partial charge in [0.05, 0.1) is 0 Å². The second-order valence-electron chi connectivity index (χ2n) is 4.50. The first-order chi connectivity index (χ1) is 7.58. The van der Waals surface area contributed by atoms with Gasteiger partial charge in [-0.3, -0.25) is 9.00 Å². The molecular weight excluding hydrogens is 224 g/mol. The van der Waals surface area contributed by atoms with Gasteiger partial charge in [-0.15, -0.1) is 0 Å². The van der Waals surface area contributed by atoms with Gasteiger partial charge in [0, 0.05) is 34.3 Å². The third kappa shape index (κ3) is 3.87. The Labute approximate surface area is 100 Å². The van der Waals surface area contributed by atoms with Crippen LogP contribution in [0.4, 0.5) is 0 Å². The molecule has 1 unspecified atom stereocenters. The van der Waals surface area contributed by atoms with Gasteiger partial charge >= 0.3 is 0 Å². The van der Waals surface area contributed by atoms with Crippen molar-refractivity contribution in [1.29, 1.82) is 0 Å². The van der Waals surface area contributed by atoms with E-state index in [9.17, 15) is 9.00 Å². The monoisotopic (exact) mass is 246 g/mol. The molecule has 2 N–H and O–H groups in total. The standard InChI is InChI=1S/C11H22N2O2S/c1-3-16(15)9-8-13-10(14)11(2)4-6-12-7-5-11/h12H,3-9H2,1-2H3,(H,13,14). The van der Waals surface area contributed by atoms with Crippen LogP contribution in [0, 0.1) is 5.41 Å². The Bertz CT molecular complexity index is 263. The van der Waals surface area contributed by atoms with Crippen LogP contribution < -0.4 is 10.6 Å². The largest absolute Gasteiger partial charge is 0.355 e. The average Bonchev–Trinajstić information content (AvgIpc) is 2.29. The molecule has 0 aromatic rings. The molecule has 16 heavy (non-hydrogen) atoms. The molecule has 0 spiro atoms. The molecule has 1 aliphatic rings. The van der Waals surface area contributed by atoms with Gasteiger partial charge in [-0.05, 0) is 25.9 Å². The quantitative estimate of drug-likeness (QED) is 0.731. The molecule has 0 aromatic heterocycles. The van der Waals surface area contributed by atoms with Gasteiger partial charge in [-0.2, -0.15) is 0 Å². The van der Waals surface area contributed by atoms with Crippen molar-refractivity contribution in [2.24, 2.45) is 5.41 Å². The lowest BCUT2D eigenvalue weighted by Crippen LogP contribution is -2.46. The van der Waals surface area contributed by atoms with Crippen LogP contribution in [0.2, 0.25) is 0 Å². The van der Waals surface area contributed by atoms with E-state index in [0.29, 0.717) is 18.1 Å². The van der Waals surface area contributed by atoms with Crippen LogP contribution in [0.1, 0.15) is 26.7 Å². The van der Waals surface area contributed by atoms with E-state index < -0.39 is 10.8 Å². The lowest BCUT2D eigenvalue weighted by atomic mass is 9.80. The molecule has 1 aliphatic heterocycles. The van der Waals surface area contributed by atoms with Gasteiger partial charge in [0.25, 0.3) is 0 Å². The Morgan fingerprint density at radius 3 is 2.62 bits per heavy atom. The van der Waals surface area contributed by atoms with Crippen molar-refractivity contribution >= 4 is 16.7 Å². The van der Waals surface area contributed by atoms with Gasteiger partial charge in [0.2, 0.25) is 5.91 Å². The Kier molecular flexibility index (Phi) is 5.41. The van der Waals surface area contributed by atoms with Crippen LogP contribution in [0.15, 0.2) is 0 Å². The molecule has 0 saturated carbocycles. The van der Waals surface area contributed by atoms with Gasteiger partial charge < -0.3 is 10.6 Å². The highest BCUT2D eigenvalue weighted by Crippen LogP contribution is 2.27. The summed E-state index contributed by atoms with van der Waals surface area (Å²) in [6, 6.07) is 0. The van der Waals surface area contributed by atoms with Gasteiger partial charge in [0.1, 0.15) is 0 Å². The number of hydrogen-bond acceptors (Lipinski definition) is 3. The second-order valence-corrected chi connectivity index (χ2v) is 6.36. The van der Waals surface area contributed by atoms with Crippen LogP contribution in [0.3, 0.4) is 0 Å². The summed E-state index contributed by atoms with van der Waals surface area (Å²) < 4.78 is 11.2. The van der Waals surface area contributed by atoms with Crippen LogP contribution in [-0.4, -0.2) is 41.3 Å². The lowest BCUT2D eigenvalue weighted by Gasteiger charge is -2.32. The van der Waals surface area contributed by atoms with Crippen LogP contribution in [0.25, 0.3) is 0 Å². The highest BCUT2D eigenvalue weighted by Gasteiger charge is 2.34. The van der Waals surface area contributed by atoms with Gasteiger partial charge in [0.15, 0.2) is 0 Å². The fraction of sp³-hybridized carbons (Fsp3) is 0.909. The van der Waals surface area contributed by atoms with Crippen molar-refractivity contribution in [2.45, 2.75) is 26.7 Å². The molecule has 0 bridgehead atoms. The smallest absolute Gasteiger partial charge is 0.226 e. The minimum absolute atomic E-state index is 0.113. The van der Waals surface area contributed by atoms with E-state index in [1.54, 1.807) is 0 Å². The fourth-order valence-corrected chi connectivity index (χ4v) is 2.46. The molecule has 1 rings (SSSR count). The third-order valence-corrected chi connectivity index (χ3v) is 4.50. The van der Waals surface area contributed by atoms with E-state index in [0.717, 1.165) is 25.9 Å². The topological polar surface area (TPSA) is 58.2 Å². The first-order valence-electron chi connectivity index (χ1n) is 5.92. The zero-order chi connectivity index (χ0) is 12.0. The van der Waals surface area contributed by atoms with Crippen LogP contribution >= 0.6 is 0 Å². The molecule has 1 fully saturated rings. The molecule has 1 saturated heterocycles. The van der Waals surface area contributed by atoms with E-state index >= 15 is 0 Å². The summed E-state index contributed by atoms with van der Waals surface area (Å²) in [5.74, 6) is 1.34. The van der Waals surface area contributed by atoms with Crippen LogP contribution in [-0.2, 0) is 15.6 Å². The zero-order valence-electron chi connectivity index (χ0n) is 10.2. The third-order valence-electron chi connectivity index (χ3n) is 3.19. The number of nitrogens with one attached hydrogen (secondary N) is 2. The first kappa shape index (κ1) is 13.6. The lowest BCUT2D eigenvalue weighted by molar-refractivity contribution is -0.131. The normalized spacial score (nSPS) is 21.4. The van der Waals surface area contributed by atoms with Crippen molar-refractivity contribution in [3.05, 3.63) is 0 Å². The Morgan fingerprint density at radius 2 is 2.06 bits per heavy atom. The van der Waals surface area contributed by atoms with E-state index in [1.165, 1.54) is 0 Å². The summed E-state index contributed by atoms with van der Waals surface area (Å²) in [7, 11) is -0.789. The van der Waals surface area contributed by atoms with Crippen molar-refractivity contribution in [3.63, 3.8) is 0 Å². The summed E-state index contributed by atoms with van der Waals surface area (Å²) in [5, 5.41) is 6.15. The van der Waals surface area contributed by atoms with Gasteiger partial charge in [-0.1, -0.05) is 13.8 Å². The maximum atomic E-state index is 12.0. The molecular formula is C11H22N2O2S. The maximum Gasteiger partial charge on any atom is 0.226 e. The average molecular weight is 246 g/mol. The zero-order valence-corrected chi connectivity index (χ0v) is 11.0. The molecule has 1 heterocycles.